The summed E-state index contributed by atoms with van der Waals surface area (Å²) in [5, 5.41) is 1.35. The number of halogens is 4. The van der Waals surface area contributed by atoms with Crippen LogP contribution in [0.3, 0.4) is 0 Å². The number of fused-ring (bicyclic) bond motifs is 1. The fourth-order valence-electron chi connectivity index (χ4n) is 2.30. The fourth-order valence-corrected chi connectivity index (χ4v) is 3.59. The van der Waals surface area contributed by atoms with Crippen LogP contribution in [-0.2, 0) is 4.79 Å². The summed E-state index contributed by atoms with van der Waals surface area (Å²) in [5.74, 6) is -1.77. The normalized spacial score (nSPS) is 16.4. The number of anilines is 1. The first-order valence-corrected chi connectivity index (χ1v) is 7.71. The van der Waals surface area contributed by atoms with Crippen molar-refractivity contribution in [2.45, 2.75) is 6.18 Å². The van der Waals surface area contributed by atoms with Gasteiger partial charge in [0.2, 0.25) is 0 Å². The molecule has 0 aliphatic carbocycles. The molecule has 2 heterocycles. The molecule has 1 aromatic heterocycles. The molecule has 118 valence electrons. The standard InChI is InChI=1S/C13H11ClF3N3OS/c14-8-1-2-9-10(7-8)22-12(18-9)20-5-3-19(4-6-20)11(21)13(15,16)17/h1-2,7H,3-6H2. The van der Waals surface area contributed by atoms with Gasteiger partial charge in [-0.1, -0.05) is 22.9 Å². The van der Waals surface area contributed by atoms with Crippen molar-refractivity contribution in [3.8, 4) is 0 Å². The SMILES string of the molecule is O=C(N1CCN(c2nc3ccc(Cl)cc3s2)CC1)C(F)(F)F. The highest BCUT2D eigenvalue weighted by atomic mass is 35.5. The Hall–Kier alpha value is -1.54. The number of carbonyl (C=O) groups excluding carboxylic acids is 1. The number of carbonyl (C=O) groups is 1. The summed E-state index contributed by atoms with van der Waals surface area (Å²) >= 11 is 7.36. The van der Waals surface area contributed by atoms with Gasteiger partial charge >= 0.3 is 12.1 Å². The predicted octanol–water partition coefficient (Wildman–Crippen LogP) is 3.16. The number of hydrogen-bond acceptors (Lipinski definition) is 4. The molecule has 0 unspecified atom stereocenters. The minimum absolute atomic E-state index is 0.0367. The molecule has 0 spiro atoms. The Balaban J connectivity index is 1.71. The van der Waals surface area contributed by atoms with Crippen molar-refractivity contribution < 1.29 is 18.0 Å². The number of rotatable bonds is 1. The zero-order chi connectivity index (χ0) is 15.9. The molecule has 0 saturated carbocycles. The van der Waals surface area contributed by atoms with Gasteiger partial charge in [0.25, 0.3) is 0 Å². The van der Waals surface area contributed by atoms with Gasteiger partial charge in [-0.15, -0.1) is 0 Å². The fraction of sp³-hybridized carbons (Fsp3) is 0.385. The van der Waals surface area contributed by atoms with Gasteiger partial charge in [0.15, 0.2) is 5.13 Å². The molecule has 0 bridgehead atoms. The Labute approximate surface area is 133 Å². The van der Waals surface area contributed by atoms with Crippen molar-refractivity contribution in [2.75, 3.05) is 31.1 Å². The molecule has 1 aliphatic rings. The van der Waals surface area contributed by atoms with Gasteiger partial charge < -0.3 is 9.80 Å². The van der Waals surface area contributed by atoms with Gasteiger partial charge in [0, 0.05) is 31.2 Å². The molecule has 3 rings (SSSR count). The summed E-state index contributed by atoms with van der Waals surface area (Å²) in [7, 11) is 0. The third kappa shape index (κ3) is 2.98. The zero-order valence-corrected chi connectivity index (χ0v) is 12.8. The molecule has 1 aromatic carbocycles. The second-order valence-corrected chi connectivity index (χ2v) is 6.33. The monoisotopic (exact) mass is 349 g/mol. The van der Waals surface area contributed by atoms with E-state index in [1.54, 1.807) is 12.1 Å². The van der Waals surface area contributed by atoms with Crippen LogP contribution in [0.1, 0.15) is 0 Å². The first-order valence-electron chi connectivity index (χ1n) is 6.52. The maximum Gasteiger partial charge on any atom is 0.471 e. The maximum atomic E-state index is 12.4. The largest absolute Gasteiger partial charge is 0.471 e. The highest BCUT2D eigenvalue weighted by Crippen LogP contribution is 2.31. The van der Waals surface area contributed by atoms with E-state index in [1.807, 2.05) is 11.0 Å². The van der Waals surface area contributed by atoms with E-state index in [2.05, 4.69) is 4.98 Å². The van der Waals surface area contributed by atoms with Crippen LogP contribution in [0.2, 0.25) is 5.02 Å². The number of benzene rings is 1. The molecule has 0 N–H and O–H groups in total. The summed E-state index contributed by atoms with van der Waals surface area (Å²) in [5.41, 5.74) is 0.804. The number of hydrogen-bond donors (Lipinski definition) is 0. The Morgan fingerprint density at radius 1 is 1.23 bits per heavy atom. The van der Waals surface area contributed by atoms with Crippen molar-refractivity contribution in [3.05, 3.63) is 23.2 Å². The van der Waals surface area contributed by atoms with Crippen LogP contribution in [0, 0.1) is 0 Å². The van der Waals surface area contributed by atoms with E-state index in [1.165, 1.54) is 11.3 Å². The molecule has 1 amide bonds. The molecule has 1 saturated heterocycles. The first kappa shape index (κ1) is 15.4. The average Bonchev–Trinajstić information content (AvgIpc) is 2.88. The van der Waals surface area contributed by atoms with Crippen LogP contribution in [-0.4, -0.2) is 48.1 Å². The highest BCUT2D eigenvalue weighted by Gasteiger charge is 2.43. The number of nitrogens with zero attached hydrogens (tertiary/aromatic N) is 3. The summed E-state index contributed by atoms with van der Waals surface area (Å²) in [6.45, 7) is 0.731. The number of thiazole rings is 1. The van der Waals surface area contributed by atoms with Crippen molar-refractivity contribution >= 4 is 44.2 Å². The Morgan fingerprint density at radius 2 is 1.91 bits per heavy atom. The number of alkyl halides is 3. The van der Waals surface area contributed by atoms with E-state index < -0.39 is 12.1 Å². The minimum Gasteiger partial charge on any atom is -0.345 e. The number of piperazine rings is 1. The maximum absolute atomic E-state index is 12.4. The van der Waals surface area contributed by atoms with E-state index in [4.69, 9.17) is 11.6 Å². The zero-order valence-electron chi connectivity index (χ0n) is 11.2. The van der Waals surface area contributed by atoms with Crippen LogP contribution in [0.15, 0.2) is 18.2 Å². The summed E-state index contributed by atoms with van der Waals surface area (Å²) < 4.78 is 38.1. The highest BCUT2D eigenvalue weighted by molar-refractivity contribution is 7.22. The molecule has 1 fully saturated rings. The minimum atomic E-state index is -4.81. The second-order valence-electron chi connectivity index (χ2n) is 4.89. The second kappa shape index (κ2) is 5.58. The predicted molar refractivity (Wildman–Crippen MR) is 79.5 cm³/mol. The molecule has 0 radical (unpaired) electrons. The van der Waals surface area contributed by atoms with E-state index in [0.717, 1.165) is 20.2 Å². The van der Waals surface area contributed by atoms with Gasteiger partial charge in [-0.2, -0.15) is 13.2 Å². The summed E-state index contributed by atoms with van der Waals surface area (Å²) in [6, 6.07) is 5.36. The number of amides is 1. The van der Waals surface area contributed by atoms with E-state index >= 15 is 0 Å². The lowest BCUT2D eigenvalue weighted by Gasteiger charge is -2.34. The lowest BCUT2D eigenvalue weighted by atomic mass is 10.3. The summed E-state index contributed by atoms with van der Waals surface area (Å²) in [4.78, 5) is 18.4. The van der Waals surface area contributed by atoms with Crippen molar-refractivity contribution in [3.63, 3.8) is 0 Å². The van der Waals surface area contributed by atoms with Gasteiger partial charge in [0.1, 0.15) is 0 Å². The topological polar surface area (TPSA) is 36.4 Å². The Morgan fingerprint density at radius 3 is 2.55 bits per heavy atom. The third-order valence-electron chi connectivity index (χ3n) is 3.42. The number of aromatic nitrogens is 1. The van der Waals surface area contributed by atoms with Gasteiger partial charge in [-0.05, 0) is 18.2 Å². The quantitative estimate of drug-likeness (QED) is 0.793. The molecule has 0 atom stereocenters. The van der Waals surface area contributed by atoms with Gasteiger partial charge in [-0.3, -0.25) is 4.79 Å². The molecule has 1 aliphatic heterocycles. The molecule has 9 heteroatoms. The van der Waals surface area contributed by atoms with Crippen LogP contribution in [0.25, 0.3) is 10.2 Å². The van der Waals surface area contributed by atoms with Crippen LogP contribution < -0.4 is 4.90 Å². The lowest BCUT2D eigenvalue weighted by molar-refractivity contribution is -0.185. The van der Waals surface area contributed by atoms with Gasteiger partial charge in [0.05, 0.1) is 10.2 Å². The molecule has 4 nitrogen and oxygen atoms in total. The van der Waals surface area contributed by atoms with Crippen LogP contribution >= 0.6 is 22.9 Å². The smallest absolute Gasteiger partial charge is 0.345 e. The molecule has 2 aromatic rings. The third-order valence-corrected chi connectivity index (χ3v) is 4.73. The Bertz CT molecular complexity index is 710. The van der Waals surface area contributed by atoms with E-state index in [9.17, 15) is 18.0 Å². The van der Waals surface area contributed by atoms with E-state index in [0.29, 0.717) is 18.1 Å². The molecular formula is C13H11ClF3N3OS. The van der Waals surface area contributed by atoms with Crippen molar-refractivity contribution in [1.29, 1.82) is 0 Å². The van der Waals surface area contributed by atoms with Crippen LogP contribution in [0.4, 0.5) is 18.3 Å². The first-order chi connectivity index (χ1) is 10.3. The van der Waals surface area contributed by atoms with E-state index in [-0.39, 0.29) is 13.1 Å². The van der Waals surface area contributed by atoms with Crippen molar-refractivity contribution in [1.82, 2.24) is 9.88 Å². The van der Waals surface area contributed by atoms with Crippen LogP contribution in [0.5, 0.6) is 0 Å². The van der Waals surface area contributed by atoms with Crippen molar-refractivity contribution in [2.24, 2.45) is 0 Å². The summed E-state index contributed by atoms with van der Waals surface area (Å²) in [6.07, 6.45) is -4.81. The lowest BCUT2D eigenvalue weighted by Crippen LogP contribution is -2.52. The molecular weight excluding hydrogens is 339 g/mol. The van der Waals surface area contributed by atoms with Gasteiger partial charge in [-0.25, -0.2) is 4.98 Å². The molecule has 22 heavy (non-hydrogen) atoms. The average molecular weight is 350 g/mol. The Kier molecular flexibility index (Phi) is 3.90.